The molecule has 1 aromatic rings. The lowest BCUT2D eigenvalue weighted by molar-refractivity contribution is 0.463. The average Bonchev–Trinajstić information content (AvgIpc) is 2.21. The second kappa shape index (κ2) is 5.60. The SMILES string of the molecule is O.c1cc(NC2CCCCC2)ccn1. The molecule has 14 heavy (non-hydrogen) atoms. The lowest BCUT2D eigenvalue weighted by Gasteiger charge is -2.23. The number of hydrogen-bond acceptors (Lipinski definition) is 2. The number of hydrogen-bond donors (Lipinski definition) is 1. The zero-order chi connectivity index (χ0) is 8.93. The van der Waals surface area contributed by atoms with E-state index in [2.05, 4.69) is 10.3 Å². The van der Waals surface area contributed by atoms with Crippen molar-refractivity contribution in [3.8, 4) is 0 Å². The van der Waals surface area contributed by atoms with Gasteiger partial charge in [-0.25, -0.2) is 0 Å². The minimum absolute atomic E-state index is 0. The first kappa shape index (κ1) is 11.0. The molecule has 0 saturated heterocycles. The molecule has 0 aromatic carbocycles. The van der Waals surface area contributed by atoms with Crippen LogP contribution in [-0.2, 0) is 0 Å². The van der Waals surface area contributed by atoms with Crippen molar-refractivity contribution in [2.45, 2.75) is 38.1 Å². The Balaban J connectivity index is 0.000000980. The standard InChI is InChI=1S/C11H16N2.H2O/c1-2-4-10(5-3-1)13-11-6-8-12-9-7-11;/h6-10H,1-5H2,(H,12,13);1H2. The molecule has 0 bridgehead atoms. The third kappa shape index (κ3) is 3.00. The zero-order valence-corrected chi connectivity index (χ0v) is 8.37. The van der Waals surface area contributed by atoms with Gasteiger partial charge in [0, 0.05) is 24.1 Å². The van der Waals surface area contributed by atoms with E-state index >= 15 is 0 Å². The van der Waals surface area contributed by atoms with Gasteiger partial charge in [-0.1, -0.05) is 19.3 Å². The van der Waals surface area contributed by atoms with Crippen LogP contribution < -0.4 is 5.32 Å². The van der Waals surface area contributed by atoms with Crippen molar-refractivity contribution in [2.24, 2.45) is 0 Å². The van der Waals surface area contributed by atoms with Crippen molar-refractivity contribution in [3.63, 3.8) is 0 Å². The number of pyridine rings is 1. The van der Waals surface area contributed by atoms with Gasteiger partial charge in [-0.05, 0) is 25.0 Å². The van der Waals surface area contributed by atoms with Gasteiger partial charge in [0.2, 0.25) is 0 Å². The molecule has 78 valence electrons. The third-order valence-corrected chi connectivity index (χ3v) is 2.66. The summed E-state index contributed by atoms with van der Waals surface area (Å²) >= 11 is 0. The predicted octanol–water partition coefficient (Wildman–Crippen LogP) is 2.00. The van der Waals surface area contributed by atoms with E-state index in [9.17, 15) is 0 Å². The van der Waals surface area contributed by atoms with E-state index in [1.54, 1.807) is 0 Å². The van der Waals surface area contributed by atoms with Crippen LogP contribution in [-0.4, -0.2) is 16.5 Å². The van der Waals surface area contributed by atoms with Crippen LogP contribution in [0.2, 0.25) is 0 Å². The number of rotatable bonds is 2. The van der Waals surface area contributed by atoms with Crippen LogP contribution in [0.25, 0.3) is 0 Å². The Bertz CT molecular complexity index is 245. The second-order valence-electron chi connectivity index (χ2n) is 3.72. The Hall–Kier alpha value is -1.09. The molecule has 0 atom stereocenters. The molecule has 2 rings (SSSR count). The normalized spacial score (nSPS) is 17.1. The summed E-state index contributed by atoms with van der Waals surface area (Å²) in [6.07, 6.45) is 10.5. The fraction of sp³-hybridized carbons (Fsp3) is 0.545. The smallest absolute Gasteiger partial charge is 0.0373 e. The molecule has 0 aliphatic heterocycles. The van der Waals surface area contributed by atoms with E-state index in [0.29, 0.717) is 6.04 Å². The quantitative estimate of drug-likeness (QED) is 0.782. The summed E-state index contributed by atoms with van der Waals surface area (Å²) in [5.41, 5.74) is 1.21. The van der Waals surface area contributed by atoms with Crippen LogP contribution in [0.15, 0.2) is 24.5 Å². The summed E-state index contributed by atoms with van der Waals surface area (Å²) in [4.78, 5) is 4.00. The van der Waals surface area contributed by atoms with Gasteiger partial charge in [0.25, 0.3) is 0 Å². The summed E-state index contributed by atoms with van der Waals surface area (Å²) in [7, 11) is 0. The summed E-state index contributed by atoms with van der Waals surface area (Å²) in [6, 6.07) is 4.76. The van der Waals surface area contributed by atoms with Crippen LogP contribution in [0.1, 0.15) is 32.1 Å². The van der Waals surface area contributed by atoms with Crippen LogP contribution >= 0.6 is 0 Å². The fourth-order valence-electron chi connectivity index (χ4n) is 1.93. The zero-order valence-electron chi connectivity index (χ0n) is 8.37. The van der Waals surface area contributed by atoms with Gasteiger partial charge in [0.15, 0.2) is 0 Å². The highest BCUT2D eigenvalue weighted by atomic mass is 16.0. The summed E-state index contributed by atoms with van der Waals surface area (Å²) in [6.45, 7) is 0. The first-order valence-corrected chi connectivity index (χ1v) is 5.12. The summed E-state index contributed by atoms with van der Waals surface area (Å²) < 4.78 is 0. The number of aromatic nitrogens is 1. The highest BCUT2D eigenvalue weighted by Gasteiger charge is 2.12. The van der Waals surface area contributed by atoms with Gasteiger partial charge in [-0.15, -0.1) is 0 Å². The van der Waals surface area contributed by atoms with Gasteiger partial charge in [0.1, 0.15) is 0 Å². The van der Waals surface area contributed by atoms with Crippen LogP contribution in [0.4, 0.5) is 5.69 Å². The molecule has 0 spiro atoms. The van der Waals surface area contributed by atoms with E-state index in [-0.39, 0.29) is 5.48 Å². The molecule has 1 heterocycles. The molecular weight excluding hydrogens is 176 g/mol. The highest BCUT2D eigenvalue weighted by molar-refractivity contribution is 5.41. The molecule has 1 saturated carbocycles. The third-order valence-electron chi connectivity index (χ3n) is 2.66. The Morgan fingerprint density at radius 2 is 1.71 bits per heavy atom. The van der Waals surface area contributed by atoms with Gasteiger partial charge in [-0.2, -0.15) is 0 Å². The van der Waals surface area contributed by atoms with Gasteiger partial charge >= 0.3 is 0 Å². The van der Waals surface area contributed by atoms with Crippen molar-refractivity contribution < 1.29 is 5.48 Å². The van der Waals surface area contributed by atoms with E-state index in [4.69, 9.17) is 0 Å². The molecule has 0 amide bonds. The number of anilines is 1. The van der Waals surface area contributed by atoms with Crippen LogP contribution in [0, 0.1) is 0 Å². The Labute approximate surface area is 84.9 Å². The minimum Gasteiger partial charge on any atom is -0.412 e. The van der Waals surface area contributed by atoms with E-state index in [1.807, 2.05) is 24.5 Å². The van der Waals surface area contributed by atoms with Crippen molar-refractivity contribution in [2.75, 3.05) is 5.32 Å². The van der Waals surface area contributed by atoms with Crippen molar-refractivity contribution in [1.82, 2.24) is 4.98 Å². The fourth-order valence-corrected chi connectivity index (χ4v) is 1.93. The molecule has 0 unspecified atom stereocenters. The lowest BCUT2D eigenvalue weighted by atomic mass is 9.95. The lowest BCUT2D eigenvalue weighted by Crippen LogP contribution is -2.22. The van der Waals surface area contributed by atoms with Gasteiger partial charge in [0.05, 0.1) is 0 Å². The largest absolute Gasteiger partial charge is 0.412 e. The maximum atomic E-state index is 4.00. The monoisotopic (exact) mass is 194 g/mol. The molecule has 1 aliphatic carbocycles. The van der Waals surface area contributed by atoms with Gasteiger partial charge in [-0.3, -0.25) is 4.98 Å². The molecule has 3 heteroatoms. The number of nitrogens with zero attached hydrogens (tertiary/aromatic N) is 1. The second-order valence-corrected chi connectivity index (χ2v) is 3.72. The highest BCUT2D eigenvalue weighted by Crippen LogP contribution is 2.20. The summed E-state index contributed by atoms with van der Waals surface area (Å²) in [5, 5.41) is 3.54. The average molecular weight is 194 g/mol. The van der Waals surface area contributed by atoms with Crippen molar-refractivity contribution in [3.05, 3.63) is 24.5 Å². The number of nitrogens with one attached hydrogen (secondary N) is 1. The van der Waals surface area contributed by atoms with Crippen molar-refractivity contribution >= 4 is 5.69 Å². The van der Waals surface area contributed by atoms with Crippen LogP contribution in [0.5, 0.6) is 0 Å². The molecule has 0 radical (unpaired) electrons. The predicted molar refractivity (Wildman–Crippen MR) is 58.3 cm³/mol. The molecule has 1 fully saturated rings. The Morgan fingerprint density at radius 3 is 2.36 bits per heavy atom. The topological polar surface area (TPSA) is 56.4 Å². The molecular formula is C11H18N2O. The molecule has 1 aromatic heterocycles. The molecule has 3 nitrogen and oxygen atoms in total. The maximum Gasteiger partial charge on any atom is 0.0373 e. The first-order chi connectivity index (χ1) is 6.45. The minimum atomic E-state index is 0. The van der Waals surface area contributed by atoms with E-state index in [0.717, 1.165) is 0 Å². The van der Waals surface area contributed by atoms with E-state index in [1.165, 1.54) is 37.8 Å². The maximum absolute atomic E-state index is 4.00. The molecule has 1 aliphatic rings. The Kier molecular flexibility index (Phi) is 4.40. The molecule has 3 N–H and O–H groups in total. The van der Waals surface area contributed by atoms with Gasteiger partial charge < -0.3 is 10.8 Å². The van der Waals surface area contributed by atoms with Crippen molar-refractivity contribution in [1.29, 1.82) is 0 Å². The van der Waals surface area contributed by atoms with Crippen LogP contribution in [0.3, 0.4) is 0 Å². The van der Waals surface area contributed by atoms with E-state index < -0.39 is 0 Å². The Morgan fingerprint density at radius 1 is 1.07 bits per heavy atom. The summed E-state index contributed by atoms with van der Waals surface area (Å²) in [5.74, 6) is 0. The first-order valence-electron chi connectivity index (χ1n) is 5.12.